The first-order chi connectivity index (χ1) is 31.5. The predicted molar refractivity (Wildman–Crippen MR) is 275 cm³/mol. The normalized spacial score (nSPS) is 12.4. The Hall–Kier alpha value is -2.63. The van der Waals surface area contributed by atoms with Gasteiger partial charge in [-0.1, -0.05) is 211 Å². The molecule has 372 valence electrons. The quantitative estimate of drug-likeness (QED) is 0.0262. The van der Waals surface area contributed by atoms with Crippen molar-refractivity contribution in [3.63, 3.8) is 0 Å². The highest BCUT2D eigenvalue weighted by Crippen LogP contribution is 2.15. The van der Waals surface area contributed by atoms with E-state index in [2.05, 4.69) is 69.4 Å². The van der Waals surface area contributed by atoms with Crippen LogP contribution in [0.15, 0.2) is 48.6 Å². The molecule has 0 spiro atoms. The number of carbonyl (C=O) groups is 3. The predicted octanol–water partition coefficient (Wildman–Crippen LogP) is 18.3. The molecular formula is C58H104O6. The van der Waals surface area contributed by atoms with Crippen molar-refractivity contribution in [1.29, 1.82) is 0 Å². The molecule has 1 atom stereocenters. The summed E-state index contributed by atoms with van der Waals surface area (Å²) in [6, 6.07) is 0. The van der Waals surface area contributed by atoms with Crippen molar-refractivity contribution in [2.75, 3.05) is 13.2 Å². The minimum atomic E-state index is -0.783. The minimum Gasteiger partial charge on any atom is -0.462 e. The molecule has 0 bridgehead atoms. The number of allylic oxidation sites excluding steroid dienone is 8. The van der Waals surface area contributed by atoms with Crippen LogP contribution in [-0.2, 0) is 28.6 Å². The molecule has 0 rings (SSSR count). The fourth-order valence-electron chi connectivity index (χ4n) is 7.81. The maximum atomic E-state index is 12.8. The Bertz CT molecular complexity index is 1120. The van der Waals surface area contributed by atoms with Crippen molar-refractivity contribution in [2.45, 2.75) is 290 Å². The first kappa shape index (κ1) is 61.4. The smallest absolute Gasteiger partial charge is 0.306 e. The Kier molecular flexibility index (Phi) is 50.8. The second kappa shape index (κ2) is 53.0. The Labute approximate surface area is 397 Å². The molecule has 64 heavy (non-hydrogen) atoms. The molecule has 6 nitrogen and oxygen atoms in total. The molecule has 0 amide bonds. The first-order valence-corrected chi connectivity index (χ1v) is 27.6. The summed E-state index contributed by atoms with van der Waals surface area (Å²) in [7, 11) is 0. The van der Waals surface area contributed by atoms with E-state index in [0.717, 1.165) is 89.9 Å². The Morgan fingerprint density at radius 3 is 0.906 bits per heavy atom. The average molecular weight is 897 g/mol. The fraction of sp³-hybridized carbons (Fsp3) is 0.810. The van der Waals surface area contributed by atoms with E-state index < -0.39 is 6.10 Å². The molecule has 0 fully saturated rings. The molecule has 0 heterocycles. The van der Waals surface area contributed by atoms with E-state index in [0.29, 0.717) is 19.3 Å². The fourth-order valence-corrected chi connectivity index (χ4v) is 7.81. The van der Waals surface area contributed by atoms with Crippen LogP contribution in [0.4, 0.5) is 0 Å². The van der Waals surface area contributed by atoms with Crippen molar-refractivity contribution in [1.82, 2.24) is 0 Å². The lowest BCUT2D eigenvalue weighted by atomic mass is 10.1. The van der Waals surface area contributed by atoms with Crippen LogP contribution in [0.3, 0.4) is 0 Å². The van der Waals surface area contributed by atoms with Gasteiger partial charge < -0.3 is 14.2 Å². The molecule has 0 saturated heterocycles. The van der Waals surface area contributed by atoms with Gasteiger partial charge in [0.05, 0.1) is 0 Å². The minimum absolute atomic E-state index is 0.0821. The molecule has 0 unspecified atom stereocenters. The van der Waals surface area contributed by atoms with E-state index in [-0.39, 0.29) is 31.1 Å². The number of unbranched alkanes of at least 4 members (excludes halogenated alkanes) is 31. The van der Waals surface area contributed by atoms with Gasteiger partial charge in [-0.25, -0.2) is 0 Å². The monoisotopic (exact) mass is 897 g/mol. The summed E-state index contributed by atoms with van der Waals surface area (Å²) >= 11 is 0. The van der Waals surface area contributed by atoms with Gasteiger partial charge in [-0.15, -0.1) is 0 Å². The SMILES string of the molecule is CCCCC/C=C\C/C=C\CCCCCCCCCC(=O)OC[C@@H](COC(=O)CCCCCCC/C=C\CCCCCCC)OC(=O)CCCCCCC/C=C\CCCCCCCC. The topological polar surface area (TPSA) is 78.9 Å². The van der Waals surface area contributed by atoms with Gasteiger partial charge in [0, 0.05) is 19.3 Å². The maximum Gasteiger partial charge on any atom is 0.306 e. The summed E-state index contributed by atoms with van der Waals surface area (Å²) in [5.74, 6) is -0.896. The highest BCUT2D eigenvalue weighted by Gasteiger charge is 2.19. The van der Waals surface area contributed by atoms with Crippen LogP contribution >= 0.6 is 0 Å². The third-order valence-electron chi connectivity index (χ3n) is 12.0. The number of esters is 3. The first-order valence-electron chi connectivity index (χ1n) is 27.6. The summed E-state index contributed by atoms with van der Waals surface area (Å²) in [4.78, 5) is 38.1. The Morgan fingerprint density at radius 2 is 0.562 bits per heavy atom. The van der Waals surface area contributed by atoms with Crippen molar-refractivity contribution in [2.24, 2.45) is 0 Å². The van der Waals surface area contributed by atoms with Gasteiger partial charge in [0.1, 0.15) is 13.2 Å². The number of hydrogen-bond donors (Lipinski definition) is 0. The Morgan fingerprint density at radius 1 is 0.312 bits per heavy atom. The summed E-state index contributed by atoms with van der Waals surface area (Å²) in [5.41, 5.74) is 0. The number of rotatable bonds is 50. The van der Waals surface area contributed by atoms with Crippen LogP contribution in [0.1, 0.15) is 284 Å². The van der Waals surface area contributed by atoms with Crippen molar-refractivity contribution >= 4 is 17.9 Å². The lowest BCUT2D eigenvalue weighted by molar-refractivity contribution is -0.167. The lowest BCUT2D eigenvalue weighted by Gasteiger charge is -2.18. The zero-order chi connectivity index (χ0) is 46.5. The average Bonchev–Trinajstić information content (AvgIpc) is 3.29. The van der Waals surface area contributed by atoms with E-state index >= 15 is 0 Å². The van der Waals surface area contributed by atoms with Crippen molar-refractivity contribution < 1.29 is 28.6 Å². The molecular weight excluding hydrogens is 793 g/mol. The summed E-state index contributed by atoms with van der Waals surface area (Å²) in [5, 5.41) is 0. The zero-order valence-electron chi connectivity index (χ0n) is 42.6. The molecule has 6 heteroatoms. The van der Waals surface area contributed by atoms with Crippen molar-refractivity contribution in [3.05, 3.63) is 48.6 Å². The van der Waals surface area contributed by atoms with E-state index in [1.165, 1.54) is 154 Å². The van der Waals surface area contributed by atoms with Crippen LogP contribution in [-0.4, -0.2) is 37.2 Å². The third-order valence-corrected chi connectivity index (χ3v) is 12.0. The summed E-state index contributed by atoms with van der Waals surface area (Å²) in [6.07, 6.45) is 63.7. The molecule has 0 aliphatic rings. The molecule has 0 aromatic heterocycles. The van der Waals surface area contributed by atoms with E-state index in [1.807, 2.05) is 0 Å². The highest BCUT2D eigenvalue weighted by atomic mass is 16.6. The molecule has 0 aliphatic carbocycles. The van der Waals surface area contributed by atoms with Gasteiger partial charge in [0.15, 0.2) is 6.10 Å². The summed E-state index contributed by atoms with van der Waals surface area (Å²) in [6.45, 7) is 6.60. The zero-order valence-corrected chi connectivity index (χ0v) is 42.6. The lowest BCUT2D eigenvalue weighted by Crippen LogP contribution is -2.30. The Balaban J connectivity index is 4.39. The molecule has 0 aromatic carbocycles. The van der Waals surface area contributed by atoms with Crippen LogP contribution in [0.5, 0.6) is 0 Å². The van der Waals surface area contributed by atoms with E-state index in [4.69, 9.17) is 14.2 Å². The van der Waals surface area contributed by atoms with Gasteiger partial charge in [0.2, 0.25) is 0 Å². The second-order valence-corrected chi connectivity index (χ2v) is 18.5. The second-order valence-electron chi connectivity index (χ2n) is 18.5. The maximum absolute atomic E-state index is 12.8. The van der Waals surface area contributed by atoms with Crippen molar-refractivity contribution in [3.8, 4) is 0 Å². The van der Waals surface area contributed by atoms with Gasteiger partial charge in [-0.3, -0.25) is 14.4 Å². The molecule has 0 N–H and O–H groups in total. The molecule has 0 aromatic rings. The highest BCUT2D eigenvalue weighted by molar-refractivity contribution is 5.71. The molecule has 0 aliphatic heterocycles. The standard InChI is InChI=1S/C58H104O6/c1-4-7-10-13-16-19-22-25-28-29-31-33-36-39-42-45-48-51-57(60)63-54-55(53-62-56(59)50-47-44-41-38-35-32-27-24-21-18-15-12-9-6-3)64-58(61)52-49-46-43-40-37-34-30-26-23-20-17-14-11-8-5-2/h16,19,24-28,30,55H,4-15,17-18,20-23,29,31-54H2,1-3H3/b19-16-,27-24-,28-25-,30-26-/t55-/m1/s1. The largest absolute Gasteiger partial charge is 0.462 e. The number of carbonyl (C=O) groups excluding carboxylic acids is 3. The van der Waals surface area contributed by atoms with Crippen LogP contribution in [0.2, 0.25) is 0 Å². The van der Waals surface area contributed by atoms with Gasteiger partial charge >= 0.3 is 17.9 Å². The van der Waals surface area contributed by atoms with E-state index in [9.17, 15) is 14.4 Å². The van der Waals surface area contributed by atoms with Crippen LogP contribution in [0, 0.1) is 0 Å². The van der Waals surface area contributed by atoms with Crippen LogP contribution < -0.4 is 0 Å². The van der Waals surface area contributed by atoms with Gasteiger partial charge in [-0.2, -0.15) is 0 Å². The number of hydrogen-bond acceptors (Lipinski definition) is 6. The summed E-state index contributed by atoms with van der Waals surface area (Å²) < 4.78 is 16.8. The third kappa shape index (κ3) is 50.4. The van der Waals surface area contributed by atoms with E-state index in [1.54, 1.807) is 0 Å². The number of ether oxygens (including phenoxy) is 3. The van der Waals surface area contributed by atoms with Gasteiger partial charge in [0.25, 0.3) is 0 Å². The van der Waals surface area contributed by atoms with Crippen LogP contribution in [0.25, 0.3) is 0 Å². The molecule has 0 saturated carbocycles. The molecule has 0 radical (unpaired) electrons. The van der Waals surface area contributed by atoms with Gasteiger partial charge in [-0.05, 0) is 103 Å².